The maximum absolute atomic E-state index is 11.7. The SMILES string of the molecule is COC(=O)c1ccc(NC(=O)c2cnns2)cc1. The van der Waals surface area contributed by atoms with Gasteiger partial charge in [-0.2, -0.15) is 0 Å². The number of aromatic nitrogens is 2. The zero-order valence-electron chi connectivity index (χ0n) is 9.41. The van der Waals surface area contributed by atoms with E-state index in [1.807, 2.05) is 0 Å². The third-order valence-corrected chi connectivity index (χ3v) is 2.81. The van der Waals surface area contributed by atoms with Crippen LogP contribution in [0.4, 0.5) is 5.69 Å². The van der Waals surface area contributed by atoms with Crippen molar-refractivity contribution in [3.8, 4) is 0 Å². The number of nitrogens with one attached hydrogen (secondary N) is 1. The lowest BCUT2D eigenvalue weighted by molar-refractivity contribution is 0.0600. The molecule has 0 atom stereocenters. The average Bonchev–Trinajstić information content (AvgIpc) is 2.92. The summed E-state index contributed by atoms with van der Waals surface area (Å²) in [6.07, 6.45) is 1.39. The molecule has 7 heteroatoms. The molecule has 1 aromatic carbocycles. The van der Waals surface area contributed by atoms with E-state index in [0.717, 1.165) is 11.5 Å². The molecule has 1 amide bonds. The Labute approximate surface area is 107 Å². The van der Waals surface area contributed by atoms with Crippen LogP contribution in [0.25, 0.3) is 0 Å². The molecule has 1 N–H and O–H groups in total. The van der Waals surface area contributed by atoms with Crippen molar-refractivity contribution in [2.45, 2.75) is 0 Å². The number of rotatable bonds is 3. The van der Waals surface area contributed by atoms with Crippen molar-refractivity contribution in [2.75, 3.05) is 12.4 Å². The van der Waals surface area contributed by atoms with Crippen molar-refractivity contribution in [3.05, 3.63) is 40.9 Å². The van der Waals surface area contributed by atoms with Gasteiger partial charge in [-0.3, -0.25) is 4.79 Å². The van der Waals surface area contributed by atoms with E-state index in [0.29, 0.717) is 16.1 Å². The number of carbonyl (C=O) groups is 2. The first kappa shape index (κ1) is 12.2. The molecule has 18 heavy (non-hydrogen) atoms. The van der Waals surface area contributed by atoms with E-state index in [1.54, 1.807) is 24.3 Å². The van der Waals surface area contributed by atoms with E-state index in [-0.39, 0.29) is 5.91 Å². The van der Waals surface area contributed by atoms with Gasteiger partial charge in [-0.1, -0.05) is 4.49 Å². The molecule has 2 aromatic rings. The number of hydrogen-bond donors (Lipinski definition) is 1. The van der Waals surface area contributed by atoms with E-state index in [1.165, 1.54) is 13.3 Å². The number of benzene rings is 1. The Balaban J connectivity index is 2.07. The van der Waals surface area contributed by atoms with Gasteiger partial charge in [0.25, 0.3) is 5.91 Å². The van der Waals surface area contributed by atoms with Gasteiger partial charge in [0.05, 0.1) is 18.9 Å². The zero-order valence-corrected chi connectivity index (χ0v) is 10.2. The van der Waals surface area contributed by atoms with Crippen LogP contribution in [0.15, 0.2) is 30.5 Å². The molecule has 0 aliphatic heterocycles. The lowest BCUT2D eigenvalue weighted by Gasteiger charge is -2.04. The summed E-state index contributed by atoms with van der Waals surface area (Å²) < 4.78 is 8.18. The molecule has 0 spiro atoms. The van der Waals surface area contributed by atoms with Gasteiger partial charge in [0.2, 0.25) is 0 Å². The Morgan fingerprint density at radius 3 is 2.56 bits per heavy atom. The lowest BCUT2D eigenvalue weighted by Crippen LogP contribution is -2.10. The molecule has 0 aliphatic rings. The quantitative estimate of drug-likeness (QED) is 0.850. The molecule has 1 aromatic heterocycles. The molecular weight excluding hydrogens is 254 g/mol. The summed E-state index contributed by atoms with van der Waals surface area (Å²) in [7, 11) is 1.31. The molecule has 0 radical (unpaired) electrons. The first-order valence-corrected chi connectivity index (χ1v) is 5.75. The van der Waals surface area contributed by atoms with Crippen LogP contribution in [0.2, 0.25) is 0 Å². The Morgan fingerprint density at radius 2 is 2.00 bits per heavy atom. The summed E-state index contributed by atoms with van der Waals surface area (Å²) in [4.78, 5) is 23.3. The number of ether oxygens (including phenoxy) is 1. The summed E-state index contributed by atoms with van der Waals surface area (Å²) in [5.74, 6) is -0.699. The van der Waals surface area contributed by atoms with Crippen LogP contribution in [0.1, 0.15) is 20.0 Å². The molecule has 0 saturated carbocycles. The third-order valence-electron chi connectivity index (χ3n) is 2.15. The number of amides is 1. The summed E-state index contributed by atoms with van der Waals surface area (Å²) in [6.45, 7) is 0. The Morgan fingerprint density at radius 1 is 1.28 bits per heavy atom. The minimum Gasteiger partial charge on any atom is -0.465 e. The van der Waals surface area contributed by atoms with Gasteiger partial charge in [0, 0.05) is 5.69 Å². The summed E-state index contributed by atoms with van der Waals surface area (Å²) in [5.41, 5.74) is 1.01. The fourth-order valence-electron chi connectivity index (χ4n) is 1.27. The van der Waals surface area contributed by atoms with Gasteiger partial charge in [-0.25, -0.2) is 4.79 Å². The van der Waals surface area contributed by atoms with Gasteiger partial charge < -0.3 is 10.1 Å². The fourth-order valence-corrected chi connectivity index (χ4v) is 1.68. The normalized spacial score (nSPS) is 9.83. The lowest BCUT2D eigenvalue weighted by atomic mass is 10.2. The van der Waals surface area contributed by atoms with Gasteiger partial charge >= 0.3 is 5.97 Å². The molecule has 6 nitrogen and oxygen atoms in total. The van der Waals surface area contributed by atoms with Crippen LogP contribution < -0.4 is 5.32 Å². The molecule has 0 aliphatic carbocycles. The standard InChI is InChI=1S/C11H9N3O3S/c1-17-11(16)7-2-4-8(5-3-7)13-10(15)9-6-12-14-18-9/h2-6H,1H3,(H,13,15). The van der Waals surface area contributed by atoms with Crippen LogP contribution in [-0.2, 0) is 4.74 Å². The first-order chi connectivity index (χ1) is 8.70. The number of esters is 1. The van der Waals surface area contributed by atoms with E-state index in [4.69, 9.17) is 0 Å². The van der Waals surface area contributed by atoms with Gasteiger partial charge in [-0.15, -0.1) is 5.10 Å². The minimum atomic E-state index is -0.417. The van der Waals surface area contributed by atoms with Crippen LogP contribution in [0, 0.1) is 0 Å². The average molecular weight is 263 g/mol. The Kier molecular flexibility index (Phi) is 3.63. The second-order valence-corrected chi connectivity index (χ2v) is 4.09. The topological polar surface area (TPSA) is 81.2 Å². The van der Waals surface area contributed by atoms with Crippen LogP contribution in [0.5, 0.6) is 0 Å². The summed E-state index contributed by atoms with van der Waals surface area (Å²) in [5, 5.41) is 6.25. The fraction of sp³-hybridized carbons (Fsp3) is 0.0909. The number of hydrogen-bond acceptors (Lipinski definition) is 6. The highest BCUT2D eigenvalue weighted by Gasteiger charge is 2.09. The van der Waals surface area contributed by atoms with Crippen molar-refractivity contribution in [1.82, 2.24) is 9.59 Å². The third kappa shape index (κ3) is 2.69. The van der Waals surface area contributed by atoms with Crippen molar-refractivity contribution < 1.29 is 14.3 Å². The Bertz CT molecular complexity index is 551. The van der Waals surface area contributed by atoms with Crippen LogP contribution in [-0.4, -0.2) is 28.6 Å². The summed E-state index contributed by atoms with van der Waals surface area (Å²) in [6, 6.07) is 6.40. The minimum absolute atomic E-state index is 0.282. The highest BCUT2D eigenvalue weighted by atomic mass is 32.1. The molecule has 92 valence electrons. The molecule has 0 unspecified atom stereocenters. The molecule has 0 saturated heterocycles. The zero-order chi connectivity index (χ0) is 13.0. The van der Waals surface area contributed by atoms with Gasteiger partial charge in [0.1, 0.15) is 4.88 Å². The largest absolute Gasteiger partial charge is 0.465 e. The van der Waals surface area contributed by atoms with Crippen LogP contribution in [0.3, 0.4) is 0 Å². The Hall–Kier alpha value is -2.28. The van der Waals surface area contributed by atoms with Gasteiger partial charge in [-0.05, 0) is 35.8 Å². The second kappa shape index (κ2) is 5.37. The number of methoxy groups -OCH3 is 1. The van der Waals surface area contributed by atoms with Crippen molar-refractivity contribution in [2.24, 2.45) is 0 Å². The number of nitrogens with zero attached hydrogens (tertiary/aromatic N) is 2. The van der Waals surface area contributed by atoms with Crippen molar-refractivity contribution >= 4 is 29.1 Å². The van der Waals surface area contributed by atoms with Gasteiger partial charge in [0.15, 0.2) is 0 Å². The maximum Gasteiger partial charge on any atom is 0.337 e. The first-order valence-electron chi connectivity index (χ1n) is 4.98. The smallest absolute Gasteiger partial charge is 0.337 e. The monoisotopic (exact) mass is 263 g/mol. The highest BCUT2D eigenvalue weighted by Crippen LogP contribution is 2.12. The maximum atomic E-state index is 11.7. The molecule has 1 heterocycles. The summed E-state index contributed by atoms with van der Waals surface area (Å²) >= 11 is 1.01. The predicted molar refractivity (Wildman–Crippen MR) is 65.6 cm³/mol. The number of anilines is 1. The molecular formula is C11H9N3O3S. The molecule has 0 fully saturated rings. The van der Waals surface area contributed by atoms with E-state index >= 15 is 0 Å². The van der Waals surface area contributed by atoms with E-state index in [9.17, 15) is 9.59 Å². The molecule has 2 rings (SSSR count). The van der Waals surface area contributed by atoms with Crippen molar-refractivity contribution in [1.29, 1.82) is 0 Å². The second-order valence-electron chi connectivity index (χ2n) is 3.30. The molecule has 0 bridgehead atoms. The van der Waals surface area contributed by atoms with E-state index < -0.39 is 5.97 Å². The van der Waals surface area contributed by atoms with Crippen LogP contribution >= 0.6 is 11.5 Å². The van der Waals surface area contributed by atoms with E-state index in [2.05, 4.69) is 19.6 Å². The predicted octanol–water partition coefficient (Wildman–Crippen LogP) is 1.58. The van der Waals surface area contributed by atoms with Crippen molar-refractivity contribution in [3.63, 3.8) is 0 Å². The highest BCUT2D eigenvalue weighted by molar-refractivity contribution is 7.07. The number of carbonyl (C=O) groups excluding carboxylic acids is 2.